The molecule has 3 heteroatoms. The Kier molecular flexibility index (Phi) is 8.53. The maximum absolute atomic E-state index is 5.64. The van der Waals surface area contributed by atoms with Crippen molar-refractivity contribution in [3.63, 3.8) is 0 Å². The van der Waals surface area contributed by atoms with Gasteiger partial charge in [-0.05, 0) is 30.5 Å². The molecular weight excluding hydrogens is 250 g/mol. The van der Waals surface area contributed by atoms with E-state index in [1.54, 1.807) is 0 Å². The monoisotopic (exact) mass is 275 g/mol. The lowest BCUT2D eigenvalue weighted by Crippen LogP contribution is -2.11. The Labute approximate surface area is 122 Å². The third-order valence-corrected chi connectivity index (χ3v) is 2.85. The molecule has 0 amide bonds. The van der Waals surface area contributed by atoms with E-state index >= 15 is 0 Å². The molecule has 1 unspecified atom stereocenters. The maximum atomic E-state index is 5.64. The van der Waals surface area contributed by atoms with E-state index in [2.05, 4.69) is 25.7 Å². The molecule has 1 aromatic carbocycles. The second-order valence-electron chi connectivity index (χ2n) is 4.85. The highest BCUT2D eigenvalue weighted by molar-refractivity contribution is 5.39. The molecule has 0 aromatic heterocycles. The second-order valence-corrected chi connectivity index (χ2v) is 4.85. The number of rotatable bonds is 8. The molecule has 0 heterocycles. The maximum Gasteiger partial charge on any atom is 0.120 e. The number of ether oxygens (including phenoxy) is 2. The van der Waals surface area contributed by atoms with Crippen molar-refractivity contribution in [2.24, 2.45) is 11.7 Å². The van der Waals surface area contributed by atoms with Crippen molar-refractivity contribution in [2.75, 3.05) is 26.4 Å². The first-order valence-electron chi connectivity index (χ1n) is 7.25. The summed E-state index contributed by atoms with van der Waals surface area (Å²) in [5, 5.41) is 0. The van der Waals surface area contributed by atoms with Gasteiger partial charge in [0.2, 0.25) is 0 Å². The quantitative estimate of drug-likeness (QED) is 0.586. The molecule has 0 radical (unpaired) electrons. The first-order valence-corrected chi connectivity index (χ1v) is 7.25. The normalized spacial score (nSPS) is 11.6. The summed E-state index contributed by atoms with van der Waals surface area (Å²) in [5.41, 5.74) is 6.27. The van der Waals surface area contributed by atoms with Crippen molar-refractivity contribution in [3.05, 3.63) is 29.8 Å². The van der Waals surface area contributed by atoms with E-state index in [9.17, 15) is 0 Å². The Bertz CT molecular complexity index is 434. The van der Waals surface area contributed by atoms with Gasteiger partial charge in [-0.15, -0.1) is 0 Å². The second kappa shape index (κ2) is 10.3. The van der Waals surface area contributed by atoms with Gasteiger partial charge in [-0.3, -0.25) is 0 Å². The molecular formula is C17H25NO2. The molecule has 0 bridgehead atoms. The van der Waals surface area contributed by atoms with Crippen molar-refractivity contribution >= 4 is 0 Å². The van der Waals surface area contributed by atoms with Gasteiger partial charge in [-0.1, -0.05) is 38.2 Å². The van der Waals surface area contributed by atoms with Gasteiger partial charge < -0.3 is 15.2 Å². The first kappa shape index (κ1) is 16.6. The summed E-state index contributed by atoms with van der Waals surface area (Å²) in [4.78, 5) is 0. The number of nitrogens with two attached hydrogens (primary N) is 1. The number of hydrogen-bond acceptors (Lipinski definition) is 3. The summed E-state index contributed by atoms with van der Waals surface area (Å²) < 4.78 is 11.2. The molecule has 0 aliphatic heterocycles. The summed E-state index contributed by atoms with van der Waals surface area (Å²) in [7, 11) is 0. The predicted octanol–water partition coefficient (Wildman–Crippen LogP) is 2.83. The number of benzene rings is 1. The molecule has 0 aliphatic rings. The average Bonchev–Trinajstić information content (AvgIpc) is 2.45. The average molecular weight is 275 g/mol. The van der Waals surface area contributed by atoms with Crippen molar-refractivity contribution in [3.8, 4) is 17.6 Å². The van der Waals surface area contributed by atoms with Crippen LogP contribution in [0.3, 0.4) is 0 Å². The Morgan fingerprint density at radius 1 is 1.30 bits per heavy atom. The third-order valence-electron chi connectivity index (χ3n) is 2.85. The molecule has 3 nitrogen and oxygen atoms in total. The van der Waals surface area contributed by atoms with Crippen LogP contribution in [0, 0.1) is 17.8 Å². The molecule has 1 rings (SSSR count). The van der Waals surface area contributed by atoms with Gasteiger partial charge in [0.15, 0.2) is 0 Å². The molecule has 0 fully saturated rings. The SMILES string of the molecule is CCCC(C)COCCOc1cccc(C#CCN)c1. The largest absolute Gasteiger partial charge is 0.491 e. The van der Waals surface area contributed by atoms with Crippen LogP contribution in [0.5, 0.6) is 5.75 Å². The molecule has 0 saturated carbocycles. The minimum atomic E-state index is 0.370. The van der Waals surface area contributed by atoms with Gasteiger partial charge in [-0.2, -0.15) is 0 Å². The zero-order valence-electron chi connectivity index (χ0n) is 12.5. The summed E-state index contributed by atoms with van der Waals surface area (Å²) in [6.45, 7) is 6.76. The molecule has 1 atom stereocenters. The van der Waals surface area contributed by atoms with E-state index in [1.165, 1.54) is 12.8 Å². The highest BCUT2D eigenvalue weighted by Crippen LogP contribution is 2.12. The van der Waals surface area contributed by atoms with Crippen molar-refractivity contribution < 1.29 is 9.47 Å². The Morgan fingerprint density at radius 2 is 2.15 bits per heavy atom. The van der Waals surface area contributed by atoms with Crippen LogP contribution in [0.25, 0.3) is 0 Å². The van der Waals surface area contributed by atoms with Crippen LogP contribution in [-0.4, -0.2) is 26.4 Å². The minimum absolute atomic E-state index is 0.370. The van der Waals surface area contributed by atoms with Crippen molar-refractivity contribution in [1.29, 1.82) is 0 Å². The fraction of sp³-hybridized carbons (Fsp3) is 0.529. The Morgan fingerprint density at radius 3 is 2.90 bits per heavy atom. The van der Waals surface area contributed by atoms with Gasteiger partial charge in [0.05, 0.1) is 13.2 Å². The van der Waals surface area contributed by atoms with E-state index in [0.717, 1.165) is 17.9 Å². The van der Waals surface area contributed by atoms with Crippen LogP contribution < -0.4 is 10.5 Å². The summed E-state index contributed by atoms with van der Waals surface area (Å²) in [6, 6.07) is 7.72. The lowest BCUT2D eigenvalue weighted by Gasteiger charge is -2.11. The topological polar surface area (TPSA) is 44.5 Å². The summed E-state index contributed by atoms with van der Waals surface area (Å²) in [6.07, 6.45) is 2.42. The fourth-order valence-electron chi connectivity index (χ4n) is 1.90. The molecule has 1 aromatic rings. The zero-order chi connectivity index (χ0) is 14.6. The predicted molar refractivity (Wildman–Crippen MR) is 82.8 cm³/mol. The lowest BCUT2D eigenvalue weighted by molar-refractivity contribution is 0.0758. The molecule has 0 aliphatic carbocycles. The lowest BCUT2D eigenvalue weighted by atomic mass is 10.1. The van der Waals surface area contributed by atoms with Crippen LogP contribution in [-0.2, 0) is 4.74 Å². The van der Waals surface area contributed by atoms with E-state index in [0.29, 0.717) is 25.7 Å². The molecule has 0 spiro atoms. The summed E-state index contributed by atoms with van der Waals surface area (Å²) >= 11 is 0. The highest BCUT2D eigenvalue weighted by atomic mass is 16.5. The van der Waals surface area contributed by atoms with Crippen LogP contribution in [0.4, 0.5) is 0 Å². The van der Waals surface area contributed by atoms with E-state index in [-0.39, 0.29) is 0 Å². The first-order chi connectivity index (χ1) is 9.76. The zero-order valence-corrected chi connectivity index (χ0v) is 12.5. The van der Waals surface area contributed by atoms with Gasteiger partial charge in [0.25, 0.3) is 0 Å². The van der Waals surface area contributed by atoms with Gasteiger partial charge in [0.1, 0.15) is 12.4 Å². The Balaban J connectivity index is 2.25. The molecule has 20 heavy (non-hydrogen) atoms. The molecule has 0 saturated heterocycles. The Hall–Kier alpha value is -1.50. The van der Waals surface area contributed by atoms with E-state index < -0.39 is 0 Å². The van der Waals surface area contributed by atoms with Gasteiger partial charge in [-0.25, -0.2) is 0 Å². The third kappa shape index (κ3) is 7.18. The highest BCUT2D eigenvalue weighted by Gasteiger charge is 2.00. The van der Waals surface area contributed by atoms with Crippen molar-refractivity contribution in [1.82, 2.24) is 0 Å². The molecule has 2 N–H and O–H groups in total. The fourth-order valence-corrected chi connectivity index (χ4v) is 1.90. The van der Waals surface area contributed by atoms with E-state index in [1.807, 2.05) is 24.3 Å². The van der Waals surface area contributed by atoms with Crippen LogP contribution in [0.1, 0.15) is 32.3 Å². The standard InChI is InChI=1S/C17H25NO2/c1-3-6-15(2)14-19-11-12-20-17-9-4-7-16(13-17)8-5-10-18/h4,7,9,13,15H,3,6,10-12,14,18H2,1-2H3. The summed E-state index contributed by atoms with van der Waals surface area (Å²) in [5.74, 6) is 7.26. The van der Waals surface area contributed by atoms with Crippen LogP contribution in [0.2, 0.25) is 0 Å². The van der Waals surface area contributed by atoms with E-state index in [4.69, 9.17) is 15.2 Å². The van der Waals surface area contributed by atoms with Gasteiger partial charge in [0, 0.05) is 12.2 Å². The minimum Gasteiger partial charge on any atom is -0.491 e. The molecule has 110 valence electrons. The van der Waals surface area contributed by atoms with Crippen LogP contribution in [0.15, 0.2) is 24.3 Å². The van der Waals surface area contributed by atoms with Gasteiger partial charge >= 0.3 is 0 Å². The smallest absolute Gasteiger partial charge is 0.120 e. The van der Waals surface area contributed by atoms with Crippen LogP contribution >= 0.6 is 0 Å². The number of hydrogen-bond donors (Lipinski definition) is 1. The van der Waals surface area contributed by atoms with Crippen molar-refractivity contribution in [2.45, 2.75) is 26.7 Å².